The summed E-state index contributed by atoms with van der Waals surface area (Å²) in [7, 11) is 1.60. The van der Waals surface area contributed by atoms with Gasteiger partial charge in [0, 0.05) is 32.7 Å². The van der Waals surface area contributed by atoms with Crippen LogP contribution < -0.4 is 5.32 Å². The molecule has 94 valence electrons. The molecule has 1 N–H and O–H groups in total. The van der Waals surface area contributed by atoms with Gasteiger partial charge in [0.05, 0.1) is 0 Å². The molecule has 1 heterocycles. The Morgan fingerprint density at radius 1 is 1.56 bits per heavy atom. The summed E-state index contributed by atoms with van der Waals surface area (Å²) < 4.78 is 4.87. The molecule has 1 aromatic heterocycles. The maximum Gasteiger partial charge on any atom is 0.261 e. The van der Waals surface area contributed by atoms with Gasteiger partial charge in [0.15, 0.2) is 0 Å². The number of ether oxygens (including phenoxy) is 1. The van der Waals surface area contributed by atoms with Gasteiger partial charge in [0.25, 0.3) is 5.91 Å². The van der Waals surface area contributed by atoms with Crippen LogP contribution in [0, 0.1) is 11.3 Å². The van der Waals surface area contributed by atoms with Gasteiger partial charge in [-0.3, -0.25) is 9.78 Å². The van der Waals surface area contributed by atoms with Crippen molar-refractivity contribution in [2.45, 2.75) is 6.42 Å². The topological polar surface area (TPSA) is 75.0 Å². The Morgan fingerprint density at radius 2 is 2.28 bits per heavy atom. The minimum Gasteiger partial charge on any atom is -0.385 e. The van der Waals surface area contributed by atoms with Crippen LogP contribution in [-0.2, 0) is 9.53 Å². The van der Waals surface area contributed by atoms with E-state index in [-0.39, 0.29) is 11.5 Å². The van der Waals surface area contributed by atoms with E-state index in [1.54, 1.807) is 31.6 Å². The minimum absolute atomic E-state index is 0.0821. The van der Waals surface area contributed by atoms with E-state index in [1.165, 1.54) is 6.08 Å². The third kappa shape index (κ3) is 4.76. The third-order valence-electron chi connectivity index (χ3n) is 2.19. The van der Waals surface area contributed by atoms with Crippen LogP contribution in [0.1, 0.15) is 12.0 Å². The van der Waals surface area contributed by atoms with Gasteiger partial charge in [0.1, 0.15) is 11.6 Å². The van der Waals surface area contributed by atoms with Gasteiger partial charge in [-0.2, -0.15) is 5.26 Å². The second kappa shape index (κ2) is 7.98. The lowest BCUT2D eigenvalue weighted by molar-refractivity contribution is -0.117. The minimum atomic E-state index is -0.370. The number of carbonyl (C=O) groups is 1. The highest BCUT2D eigenvalue weighted by Gasteiger charge is 2.07. The number of rotatable bonds is 6. The molecule has 0 saturated heterocycles. The van der Waals surface area contributed by atoms with Crippen LogP contribution in [0.25, 0.3) is 6.08 Å². The highest BCUT2D eigenvalue weighted by molar-refractivity contribution is 6.01. The molecule has 0 aliphatic carbocycles. The van der Waals surface area contributed by atoms with E-state index in [0.717, 1.165) is 12.0 Å². The molecule has 0 aromatic carbocycles. The third-order valence-corrected chi connectivity index (χ3v) is 2.19. The van der Waals surface area contributed by atoms with Crippen molar-refractivity contribution < 1.29 is 9.53 Å². The monoisotopic (exact) mass is 245 g/mol. The summed E-state index contributed by atoms with van der Waals surface area (Å²) in [5, 5.41) is 11.6. The molecule has 0 unspecified atom stereocenters. The predicted molar refractivity (Wildman–Crippen MR) is 67.3 cm³/mol. The molecule has 0 fully saturated rings. The summed E-state index contributed by atoms with van der Waals surface area (Å²) in [5.74, 6) is -0.370. The first-order valence-electron chi connectivity index (χ1n) is 5.57. The number of amides is 1. The number of pyridine rings is 1. The Kier molecular flexibility index (Phi) is 6.15. The van der Waals surface area contributed by atoms with E-state index in [0.29, 0.717) is 13.2 Å². The van der Waals surface area contributed by atoms with Crippen LogP contribution in [0.3, 0.4) is 0 Å². The first kappa shape index (κ1) is 13.9. The van der Waals surface area contributed by atoms with Crippen LogP contribution in [-0.4, -0.2) is 31.2 Å². The van der Waals surface area contributed by atoms with Crippen LogP contribution in [0.4, 0.5) is 0 Å². The number of hydrogen-bond donors (Lipinski definition) is 1. The summed E-state index contributed by atoms with van der Waals surface area (Å²) in [4.78, 5) is 15.6. The van der Waals surface area contributed by atoms with Gasteiger partial charge >= 0.3 is 0 Å². The first-order chi connectivity index (χ1) is 8.77. The number of methoxy groups -OCH3 is 1. The van der Waals surface area contributed by atoms with Crippen molar-refractivity contribution in [2.75, 3.05) is 20.3 Å². The first-order valence-corrected chi connectivity index (χ1v) is 5.57. The van der Waals surface area contributed by atoms with Gasteiger partial charge in [-0.25, -0.2) is 0 Å². The number of carbonyl (C=O) groups excluding carboxylic acids is 1. The fraction of sp³-hybridized carbons (Fsp3) is 0.308. The molecule has 1 rings (SSSR count). The summed E-state index contributed by atoms with van der Waals surface area (Å²) in [6.45, 7) is 1.07. The lowest BCUT2D eigenvalue weighted by Gasteiger charge is -2.03. The average molecular weight is 245 g/mol. The van der Waals surface area contributed by atoms with Gasteiger partial charge in [0.2, 0.25) is 0 Å². The van der Waals surface area contributed by atoms with Gasteiger partial charge in [-0.1, -0.05) is 0 Å². The van der Waals surface area contributed by atoms with Crippen LogP contribution >= 0.6 is 0 Å². The van der Waals surface area contributed by atoms with E-state index < -0.39 is 0 Å². The van der Waals surface area contributed by atoms with Crippen LogP contribution in [0.5, 0.6) is 0 Å². The van der Waals surface area contributed by atoms with Crippen molar-refractivity contribution >= 4 is 12.0 Å². The molecular weight excluding hydrogens is 230 g/mol. The molecule has 5 heteroatoms. The molecule has 5 nitrogen and oxygen atoms in total. The Hall–Kier alpha value is -2.19. The molecule has 0 radical (unpaired) electrons. The highest BCUT2D eigenvalue weighted by atomic mass is 16.5. The second-order valence-corrected chi connectivity index (χ2v) is 3.55. The lowest BCUT2D eigenvalue weighted by Crippen LogP contribution is -2.26. The Morgan fingerprint density at radius 3 is 2.89 bits per heavy atom. The molecular formula is C13H15N3O2. The van der Waals surface area contributed by atoms with Crippen LogP contribution in [0.15, 0.2) is 30.1 Å². The molecule has 1 amide bonds. The van der Waals surface area contributed by atoms with Crippen molar-refractivity contribution in [3.05, 3.63) is 35.7 Å². The van der Waals surface area contributed by atoms with Crippen LogP contribution in [0.2, 0.25) is 0 Å². The van der Waals surface area contributed by atoms with Gasteiger partial charge in [-0.15, -0.1) is 0 Å². The van der Waals surface area contributed by atoms with Crippen molar-refractivity contribution in [3.63, 3.8) is 0 Å². The summed E-state index contributed by atoms with van der Waals surface area (Å²) in [6, 6.07) is 5.35. The van der Waals surface area contributed by atoms with Crippen molar-refractivity contribution in [2.24, 2.45) is 0 Å². The largest absolute Gasteiger partial charge is 0.385 e. The molecule has 0 bridgehead atoms. The number of nitrogens with one attached hydrogen (secondary N) is 1. The van der Waals surface area contributed by atoms with Crippen molar-refractivity contribution in [1.82, 2.24) is 10.3 Å². The maximum atomic E-state index is 11.7. The average Bonchev–Trinajstić information content (AvgIpc) is 2.42. The molecule has 0 atom stereocenters. The zero-order valence-electron chi connectivity index (χ0n) is 10.2. The Bertz CT molecular complexity index is 449. The summed E-state index contributed by atoms with van der Waals surface area (Å²) >= 11 is 0. The normalized spacial score (nSPS) is 10.8. The lowest BCUT2D eigenvalue weighted by atomic mass is 10.1. The molecule has 0 spiro atoms. The van der Waals surface area contributed by atoms with E-state index in [4.69, 9.17) is 10.00 Å². The SMILES string of the molecule is COCCCNC(=O)/C(C#N)=C/c1ccncc1. The standard InChI is InChI=1S/C13H15N3O2/c1-18-8-2-5-16-13(17)12(10-14)9-11-3-6-15-7-4-11/h3-4,6-7,9H,2,5,8H2,1H3,(H,16,17)/b12-9+. The number of hydrogen-bond acceptors (Lipinski definition) is 4. The zero-order valence-corrected chi connectivity index (χ0v) is 10.2. The Labute approximate surface area is 106 Å². The molecule has 18 heavy (non-hydrogen) atoms. The molecule has 1 aromatic rings. The number of nitriles is 1. The fourth-order valence-corrected chi connectivity index (χ4v) is 1.29. The highest BCUT2D eigenvalue weighted by Crippen LogP contribution is 2.04. The smallest absolute Gasteiger partial charge is 0.261 e. The molecule has 0 aliphatic rings. The predicted octanol–water partition coefficient (Wildman–Crippen LogP) is 1.14. The van der Waals surface area contributed by atoms with Crippen molar-refractivity contribution in [1.29, 1.82) is 5.26 Å². The van der Waals surface area contributed by atoms with E-state index in [9.17, 15) is 4.79 Å². The van der Waals surface area contributed by atoms with Gasteiger partial charge < -0.3 is 10.1 Å². The van der Waals surface area contributed by atoms with Gasteiger partial charge in [-0.05, 0) is 30.2 Å². The number of nitrogens with zero attached hydrogens (tertiary/aromatic N) is 2. The fourth-order valence-electron chi connectivity index (χ4n) is 1.29. The summed E-state index contributed by atoms with van der Waals surface area (Å²) in [5.41, 5.74) is 0.854. The second-order valence-electron chi connectivity index (χ2n) is 3.55. The van der Waals surface area contributed by atoms with E-state index >= 15 is 0 Å². The van der Waals surface area contributed by atoms with Crippen molar-refractivity contribution in [3.8, 4) is 6.07 Å². The quantitative estimate of drug-likeness (QED) is 0.463. The molecule has 0 aliphatic heterocycles. The van der Waals surface area contributed by atoms with E-state index in [2.05, 4.69) is 10.3 Å². The number of aromatic nitrogens is 1. The Balaban J connectivity index is 2.58. The van der Waals surface area contributed by atoms with E-state index in [1.807, 2.05) is 6.07 Å². The summed E-state index contributed by atoms with van der Waals surface area (Å²) in [6.07, 6.45) is 5.47. The maximum absolute atomic E-state index is 11.7. The molecule has 0 saturated carbocycles. The zero-order chi connectivity index (χ0) is 13.2.